The van der Waals surface area contributed by atoms with Crippen molar-refractivity contribution in [1.82, 2.24) is 24.9 Å². The van der Waals surface area contributed by atoms with Gasteiger partial charge in [-0.3, -0.25) is 4.68 Å². The van der Waals surface area contributed by atoms with E-state index in [1.165, 1.54) is 41.3 Å². The van der Waals surface area contributed by atoms with E-state index >= 15 is 0 Å². The number of aliphatic hydroxyl groups is 1. The van der Waals surface area contributed by atoms with Crippen LogP contribution in [-0.2, 0) is 6.54 Å². The van der Waals surface area contributed by atoms with Crippen molar-refractivity contribution in [2.24, 2.45) is 0 Å². The highest BCUT2D eigenvalue weighted by Crippen LogP contribution is 2.44. The van der Waals surface area contributed by atoms with Crippen molar-refractivity contribution in [3.05, 3.63) is 66.1 Å². The van der Waals surface area contributed by atoms with Crippen LogP contribution in [-0.4, -0.2) is 61.6 Å². The Morgan fingerprint density at radius 2 is 1.66 bits per heavy atom. The number of benzene rings is 1. The summed E-state index contributed by atoms with van der Waals surface area (Å²) in [6.07, 6.45) is -10.5. The third-order valence-electron chi connectivity index (χ3n) is 5.48. The maximum atomic E-state index is 14.4. The first kappa shape index (κ1) is 27.0. The first-order valence-corrected chi connectivity index (χ1v) is 10.5. The monoisotopic (exact) mass is 548 g/mol. The molecule has 0 aliphatic rings. The Bertz CT molecular complexity index is 1400. The minimum absolute atomic E-state index is 0.0871. The molecule has 0 bridgehead atoms. The molecule has 16 heteroatoms. The number of anilines is 1. The molecule has 4 aromatic rings. The summed E-state index contributed by atoms with van der Waals surface area (Å²) in [6, 6.07) is 8.59. The SMILES string of the molecule is CN(CC(O)(C(F)(F)F)C(F)(F)F)c1nc(-c2cc(-c3ccon3)n(Cc3ccccc3F)n2)ncc1F. The summed E-state index contributed by atoms with van der Waals surface area (Å²) in [4.78, 5) is 7.65. The summed E-state index contributed by atoms with van der Waals surface area (Å²) in [7, 11) is 0.690. The summed E-state index contributed by atoms with van der Waals surface area (Å²) >= 11 is 0. The maximum Gasteiger partial charge on any atom is 0.428 e. The smallest absolute Gasteiger partial charge is 0.372 e. The molecule has 0 aliphatic carbocycles. The Hall–Kier alpha value is -4.08. The molecule has 0 atom stereocenters. The molecule has 1 aromatic carbocycles. The average molecular weight is 548 g/mol. The van der Waals surface area contributed by atoms with Gasteiger partial charge >= 0.3 is 12.4 Å². The zero-order valence-corrected chi connectivity index (χ0v) is 19.1. The normalized spacial score (nSPS) is 12.7. The number of hydrogen-bond donors (Lipinski definition) is 1. The number of nitrogens with zero attached hydrogens (tertiary/aromatic N) is 6. The lowest BCUT2D eigenvalue weighted by Gasteiger charge is -2.35. The van der Waals surface area contributed by atoms with Gasteiger partial charge in [-0.2, -0.15) is 31.4 Å². The van der Waals surface area contributed by atoms with Gasteiger partial charge in [-0.25, -0.2) is 18.7 Å². The fraction of sp³-hybridized carbons (Fsp3) is 0.273. The summed E-state index contributed by atoms with van der Waals surface area (Å²) in [5.41, 5.74) is -4.52. The van der Waals surface area contributed by atoms with Crippen LogP contribution in [0.1, 0.15) is 5.56 Å². The Kier molecular flexibility index (Phi) is 6.86. The quantitative estimate of drug-likeness (QED) is 0.337. The molecule has 202 valence electrons. The van der Waals surface area contributed by atoms with Crippen LogP contribution in [0.25, 0.3) is 22.9 Å². The Balaban J connectivity index is 1.73. The van der Waals surface area contributed by atoms with E-state index in [0.29, 0.717) is 13.2 Å². The predicted molar refractivity (Wildman–Crippen MR) is 115 cm³/mol. The minimum atomic E-state index is -6.12. The van der Waals surface area contributed by atoms with Gasteiger partial charge < -0.3 is 14.5 Å². The molecule has 0 amide bonds. The van der Waals surface area contributed by atoms with E-state index < -0.39 is 42.0 Å². The van der Waals surface area contributed by atoms with E-state index in [9.17, 15) is 40.2 Å². The van der Waals surface area contributed by atoms with Crippen LogP contribution in [0.4, 0.5) is 40.9 Å². The molecular formula is C22H16F8N6O2. The number of alkyl halides is 6. The minimum Gasteiger partial charge on any atom is -0.372 e. The van der Waals surface area contributed by atoms with Gasteiger partial charge in [0.05, 0.1) is 25.0 Å². The Labute approximate surface area is 208 Å². The van der Waals surface area contributed by atoms with Crippen LogP contribution in [0.15, 0.2) is 53.4 Å². The molecule has 0 unspecified atom stereocenters. The molecule has 3 aromatic heterocycles. The van der Waals surface area contributed by atoms with Crippen molar-refractivity contribution >= 4 is 5.82 Å². The molecule has 38 heavy (non-hydrogen) atoms. The van der Waals surface area contributed by atoms with Gasteiger partial charge in [0.15, 0.2) is 17.5 Å². The zero-order valence-electron chi connectivity index (χ0n) is 19.1. The largest absolute Gasteiger partial charge is 0.428 e. The van der Waals surface area contributed by atoms with Crippen molar-refractivity contribution in [1.29, 1.82) is 0 Å². The van der Waals surface area contributed by atoms with Crippen LogP contribution in [0.2, 0.25) is 0 Å². The number of aromatic nitrogens is 5. The predicted octanol–water partition coefficient (Wildman–Crippen LogP) is 4.61. The van der Waals surface area contributed by atoms with Crippen LogP contribution in [0.3, 0.4) is 0 Å². The Morgan fingerprint density at radius 1 is 0.974 bits per heavy atom. The van der Waals surface area contributed by atoms with Crippen LogP contribution < -0.4 is 4.90 Å². The third kappa shape index (κ3) is 5.03. The van der Waals surface area contributed by atoms with Crippen molar-refractivity contribution < 1.29 is 44.8 Å². The van der Waals surface area contributed by atoms with Gasteiger partial charge in [-0.05, 0) is 12.1 Å². The van der Waals surface area contributed by atoms with Crippen molar-refractivity contribution in [2.45, 2.75) is 24.5 Å². The second kappa shape index (κ2) is 9.66. The molecule has 0 saturated carbocycles. The van der Waals surface area contributed by atoms with Crippen LogP contribution >= 0.6 is 0 Å². The van der Waals surface area contributed by atoms with E-state index in [1.54, 1.807) is 6.07 Å². The second-order valence-electron chi connectivity index (χ2n) is 8.13. The molecule has 4 rings (SSSR count). The second-order valence-corrected chi connectivity index (χ2v) is 8.13. The fourth-order valence-electron chi connectivity index (χ4n) is 3.49. The molecule has 8 nitrogen and oxygen atoms in total. The van der Waals surface area contributed by atoms with Gasteiger partial charge in [0.25, 0.3) is 5.60 Å². The third-order valence-corrected chi connectivity index (χ3v) is 5.48. The molecule has 0 saturated heterocycles. The standard InChI is InChI=1S/C22H16F8N6O2/c1-35(11-20(37,21(25,26)27)22(28,29)30)19-14(24)9-31-18(32-19)16-8-17(15-6-7-38-34-15)36(33-16)10-12-4-2-3-5-13(12)23/h2-9,37H,10-11H2,1H3. The highest BCUT2D eigenvalue weighted by atomic mass is 19.4. The van der Waals surface area contributed by atoms with Gasteiger partial charge in [0.2, 0.25) is 0 Å². The van der Waals surface area contributed by atoms with Gasteiger partial charge in [-0.15, -0.1) is 0 Å². The first-order valence-electron chi connectivity index (χ1n) is 10.5. The molecule has 0 radical (unpaired) electrons. The summed E-state index contributed by atoms with van der Waals surface area (Å²) in [5.74, 6) is -3.24. The Morgan fingerprint density at radius 3 is 2.26 bits per heavy atom. The summed E-state index contributed by atoms with van der Waals surface area (Å²) < 4.78 is 114. The number of rotatable bonds is 7. The van der Waals surface area contributed by atoms with E-state index in [2.05, 4.69) is 20.2 Å². The van der Waals surface area contributed by atoms with Crippen LogP contribution in [0.5, 0.6) is 0 Å². The van der Waals surface area contributed by atoms with Crippen molar-refractivity contribution in [3.8, 4) is 22.9 Å². The lowest BCUT2D eigenvalue weighted by molar-refractivity contribution is -0.363. The highest BCUT2D eigenvalue weighted by Gasteiger charge is 2.70. The summed E-state index contributed by atoms with van der Waals surface area (Å²) in [6.45, 7) is -2.23. The topological polar surface area (TPSA) is 93.1 Å². The molecule has 0 aliphatic heterocycles. The maximum absolute atomic E-state index is 14.4. The fourth-order valence-corrected chi connectivity index (χ4v) is 3.49. The average Bonchev–Trinajstić information content (AvgIpc) is 3.49. The number of likely N-dealkylation sites (N-methyl/N-ethyl adjacent to an activating group) is 1. The first-order chi connectivity index (χ1) is 17.7. The lowest BCUT2D eigenvalue weighted by Crippen LogP contribution is -2.62. The van der Waals surface area contributed by atoms with E-state index in [4.69, 9.17) is 4.52 Å². The van der Waals surface area contributed by atoms with E-state index in [1.807, 2.05) is 0 Å². The number of halogens is 8. The molecule has 0 spiro atoms. The van der Waals surface area contributed by atoms with Crippen LogP contribution in [0, 0.1) is 11.6 Å². The molecular weight excluding hydrogens is 532 g/mol. The van der Waals surface area contributed by atoms with Gasteiger partial charge in [-0.1, -0.05) is 23.4 Å². The lowest BCUT2D eigenvalue weighted by atomic mass is 10.0. The molecule has 0 fully saturated rings. The van der Waals surface area contributed by atoms with Crippen molar-refractivity contribution in [2.75, 3.05) is 18.5 Å². The van der Waals surface area contributed by atoms with E-state index in [-0.39, 0.29) is 39.9 Å². The molecule has 1 N–H and O–H groups in total. The van der Waals surface area contributed by atoms with Gasteiger partial charge in [0.1, 0.15) is 23.5 Å². The van der Waals surface area contributed by atoms with Crippen molar-refractivity contribution in [3.63, 3.8) is 0 Å². The zero-order chi connectivity index (χ0) is 27.9. The van der Waals surface area contributed by atoms with E-state index in [0.717, 1.165) is 0 Å². The molecule has 3 heterocycles. The number of hydrogen-bond acceptors (Lipinski definition) is 7. The highest BCUT2D eigenvalue weighted by molar-refractivity contribution is 5.63. The summed E-state index contributed by atoms with van der Waals surface area (Å²) in [5, 5.41) is 17.5. The van der Waals surface area contributed by atoms with Gasteiger partial charge in [0, 0.05) is 18.7 Å².